The second kappa shape index (κ2) is 5.89. The van der Waals surface area contributed by atoms with Crippen molar-refractivity contribution in [3.8, 4) is 0 Å². The van der Waals surface area contributed by atoms with E-state index in [0.717, 1.165) is 0 Å². The van der Waals surface area contributed by atoms with E-state index in [4.69, 9.17) is 4.74 Å². The van der Waals surface area contributed by atoms with E-state index in [1.165, 1.54) is 6.92 Å². The lowest BCUT2D eigenvalue weighted by molar-refractivity contribution is -0.114. The van der Waals surface area contributed by atoms with Gasteiger partial charge in [-0.25, -0.2) is 4.79 Å². The molecule has 2 amide bonds. The molecule has 2 N–H and O–H groups in total. The van der Waals surface area contributed by atoms with Gasteiger partial charge in [0, 0.05) is 18.3 Å². The number of carbonyl (C=O) groups is 2. The van der Waals surface area contributed by atoms with Crippen LogP contribution in [0.2, 0.25) is 0 Å². The Labute approximate surface area is 100 Å². The summed E-state index contributed by atoms with van der Waals surface area (Å²) in [7, 11) is 0. The maximum atomic E-state index is 11.3. The Morgan fingerprint density at radius 3 is 2.29 bits per heavy atom. The van der Waals surface area contributed by atoms with Gasteiger partial charge < -0.3 is 10.1 Å². The third-order valence-corrected chi connectivity index (χ3v) is 1.77. The molecule has 1 aromatic carbocycles. The smallest absolute Gasteiger partial charge is 0.411 e. The predicted octanol–water partition coefficient (Wildman–Crippen LogP) is 2.60. The number of anilines is 2. The first-order valence-corrected chi connectivity index (χ1v) is 5.32. The zero-order valence-electron chi connectivity index (χ0n) is 10.1. The molecule has 0 bridgehead atoms. The molecule has 0 saturated heterocycles. The molecular formula is C12H16N2O3. The van der Waals surface area contributed by atoms with Gasteiger partial charge in [-0.15, -0.1) is 0 Å². The van der Waals surface area contributed by atoms with Crippen LogP contribution in [0.15, 0.2) is 24.3 Å². The van der Waals surface area contributed by atoms with Crippen molar-refractivity contribution in [3.63, 3.8) is 0 Å². The topological polar surface area (TPSA) is 67.4 Å². The van der Waals surface area contributed by atoms with Crippen molar-refractivity contribution >= 4 is 23.4 Å². The minimum absolute atomic E-state index is 0.160. The fourth-order valence-corrected chi connectivity index (χ4v) is 1.24. The molecule has 0 radical (unpaired) electrons. The maximum Gasteiger partial charge on any atom is 0.411 e. The molecule has 1 rings (SSSR count). The Morgan fingerprint density at radius 1 is 1.18 bits per heavy atom. The summed E-state index contributed by atoms with van der Waals surface area (Å²) >= 11 is 0. The van der Waals surface area contributed by atoms with Gasteiger partial charge in [-0.2, -0.15) is 0 Å². The number of ether oxygens (including phenoxy) is 1. The molecule has 17 heavy (non-hydrogen) atoms. The lowest BCUT2D eigenvalue weighted by Crippen LogP contribution is -2.18. The fraction of sp³-hybridized carbons (Fsp3) is 0.333. The molecule has 0 unspecified atom stereocenters. The number of rotatable bonds is 3. The summed E-state index contributed by atoms with van der Waals surface area (Å²) in [6, 6.07) is 6.84. The zero-order valence-corrected chi connectivity index (χ0v) is 10.1. The highest BCUT2D eigenvalue weighted by Gasteiger charge is 2.05. The van der Waals surface area contributed by atoms with Crippen molar-refractivity contribution in [1.82, 2.24) is 0 Å². The molecule has 5 heteroatoms. The summed E-state index contributed by atoms with van der Waals surface area (Å²) in [5.41, 5.74) is 1.20. The van der Waals surface area contributed by atoms with Gasteiger partial charge in [0.05, 0.1) is 6.10 Å². The highest BCUT2D eigenvalue weighted by atomic mass is 16.6. The number of hydrogen-bond donors (Lipinski definition) is 2. The van der Waals surface area contributed by atoms with Crippen LogP contribution in [0.25, 0.3) is 0 Å². The van der Waals surface area contributed by atoms with E-state index in [9.17, 15) is 9.59 Å². The van der Waals surface area contributed by atoms with Crippen LogP contribution >= 0.6 is 0 Å². The predicted molar refractivity (Wildman–Crippen MR) is 66.0 cm³/mol. The van der Waals surface area contributed by atoms with E-state index in [2.05, 4.69) is 10.6 Å². The Balaban J connectivity index is 2.65. The van der Waals surface area contributed by atoms with Gasteiger partial charge >= 0.3 is 6.09 Å². The Kier molecular flexibility index (Phi) is 4.51. The van der Waals surface area contributed by atoms with Crippen LogP contribution < -0.4 is 10.6 Å². The molecule has 5 nitrogen and oxygen atoms in total. The molecular weight excluding hydrogens is 220 g/mol. The van der Waals surface area contributed by atoms with Crippen molar-refractivity contribution in [2.45, 2.75) is 26.9 Å². The molecule has 0 saturated carbocycles. The van der Waals surface area contributed by atoms with Gasteiger partial charge in [0.25, 0.3) is 0 Å². The molecule has 0 aliphatic heterocycles. The van der Waals surface area contributed by atoms with Gasteiger partial charge in [0.15, 0.2) is 0 Å². The Hall–Kier alpha value is -2.04. The van der Waals surface area contributed by atoms with Crippen LogP contribution in [-0.4, -0.2) is 18.1 Å². The molecule has 1 aromatic rings. The third kappa shape index (κ3) is 5.01. The monoisotopic (exact) mass is 236 g/mol. The van der Waals surface area contributed by atoms with Crippen molar-refractivity contribution in [2.24, 2.45) is 0 Å². The highest BCUT2D eigenvalue weighted by Crippen LogP contribution is 2.15. The number of carbonyl (C=O) groups excluding carboxylic acids is 2. The average Bonchev–Trinajstić information content (AvgIpc) is 2.14. The van der Waals surface area contributed by atoms with Crippen molar-refractivity contribution in [2.75, 3.05) is 10.6 Å². The molecule has 0 atom stereocenters. The summed E-state index contributed by atoms with van der Waals surface area (Å²) in [6.07, 6.45) is -0.687. The minimum atomic E-state index is -0.514. The fourth-order valence-electron chi connectivity index (χ4n) is 1.24. The number of amides is 2. The van der Waals surface area contributed by atoms with Crippen molar-refractivity contribution < 1.29 is 14.3 Å². The number of nitrogens with one attached hydrogen (secondary N) is 2. The lowest BCUT2D eigenvalue weighted by Gasteiger charge is -2.10. The van der Waals surface area contributed by atoms with E-state index in [0.29, 0.717) is 11.4 Å². The van der Waals surface area contributed by atoms with Crippen molar-refractivity contribution in [3.05, 3.63) is 24.3 Å². The molecule has 0 aromatic heterocycles. The van der Waals surface area contributed by atoms with Crippen LogP contribution in [0.4, 0.5) is 16.2 Å². The zero-order chi connectivity index (χ0) is 12.8. The Bertz CT molecular complexity index is 416. The second-order valence-corrected chi connectivity index (χ2v) is 3.84. The molecule has 0 fully saturated rings. The average molecular weight is 236 g/mol. The van der Waals surface area contributed by atoms with Gasteiger partial charge in [0.1, 0.15) is 0 Å². The molecule has 0 aliphatic rings. The van der Waals surface area contributed by atoms with E-state index in [1.807, 2.05) is 0 Å². The quantitative estimate of drug-likeness (QED) is 0.847. The SMILES string of the molecule is CC(=O)Nc1cccc(NC(=O)OC(C)C)c1. The van der Waals surface area contributed by atoms with Gasteiger partial charge in [-0.3, -0.25) is 10.1 Å². The highest BCUT2D eigenvalue weighted by molar-refractivity contribution is 5.90. The summed E-state index contributed by atoms with van der Waals surface area (Å²) in [6.45, 7) is 4.97. The van der Waals surface area contributed by atoms with Crippen LogP contribution in [0.1, 0.15) is 20.8 Å². The maximum absolute atomic E-state index is 11.3. The van der Waals surface area contributed by atoms with Crippen LogP contribution in [0.3, 0.4) is 0 Å². The van der Waals surface area contributed by atoms with Crippen molar-refractivity contribution in [1.29, 1.82) is 0 Å². The first kappa shape index (κ1) is 13.0. The van der Waals surface area contributed by atoms with E-state index in [-0.39, 0.29) is 12.0 Å². The molecule has 0 spiro atoms. The van der Waals surface area contributed by atoms with E-state index in [1.54, 1.807) is 38.1 Å². The number of benzene rings is 1. The van der Waals surface area contributed by atoms with E-state index >= 15 is 0 Å². The lowest BCUT2D eigenvalue weighted by atomic mass is 10.3. The first-order valence-electron chi connectivity index (χ1n) is 5.32. The molecule has 0 heterocycles. The standard InChI is InChI=1S/C12H16N2O3/c1-8(2)17-12(16)14-11-6-4-5-10(7-11)13-9(3)15/h4-8H,1-3H3,(H,13,15)(H,14,16). The summed E-state index contributed by atoms with van der Waals surface area (Å²) < 4.78 is 4.94. The summed E-state index contributed by atoms with van der Waals surface area (Å²) in [5.74, 6) is -0.160. The Morgan fingerprint density at radius 2 is 1.76 bits per heavy atom. The summed E-state index contributed by atoms with van der Waals surface area (Å²) in [4.78, 5) is 22.2. The van der Waals surface area contributed by atoms with Gasteiger partial charge in [-0.1, -0.05) is 6.07 Å². The third-order valence-electron chi connectivity index (χ3n) is 1.77. The van der Waals surface area contributed by atoms with Crippen LogP contribution in [0, 0.1) is 0 Å². The van der Waals surface area contributed by atoms with Gasteiger partial charge in [0.2, 0.25) is 5.91 Å². The minimum Gasteiger partial charge on any atom is -0.447 e. The number of hydrogen-bond acceptors (Lipinski definition) is 3. The largest absolute Gasteiger partial charge is 0.447 e. The van der Waals surface area contributed by atoms with E-state index < -0.39 is 6.09 Å². The first-order chi connectivity index (χ1) is 7.97. The molecule has 0 aliphatic carbocycles. The summed E-state index contributed by atoms with van der Waals surface area (Å²) in [5, 5.41) is 5.20. The molecule has 92 valence electrons. The van der Waals surface area contributed by atoms with Crippen LogP contribution in [0.5, 0.6) is 0 Å². The second-order valence-electron chi connectivity index (χ2n) is 3.84. The normalized spacial score (nSPS) is 9.88. The van der Waals surface area contributed by atoms with Gasteiger partial charge in [-0.05, 0) is 32.0 Å². The van der Waals surface area contributed by atoms with Crippen LogP contribution in [-0.2, 0) is 9.53 Å².